The van der Waals surface area contributed by atoms with Crippen molar-refractivity contribution in [2.45, 2.75) is 13.0 Å². The molecule has 3 rings (SSSR count). The van der Waals surface area contributed by atoms with Crippen LogP contribution in [0.3, 0.4) is 0 Å². The van der Waals surface area contributed by atoms with Gasteiger partial charge in [-0.1, -0.05) is 34.1 Å². The van der Waals surface area contributed by atoms with Crippen molar-refractivity contribution in [2.75, 3.05) is 31.1 Å². The number of rotatable bonds is 4. The predicted octanol–water partition coefficient (Wildman–Crippen LogP) is 3.17. The van der Waals surface area contributed by atoms with Gasteiger partial charge in [0, 0.05) is 36.0 Å². The molecule has 1 unspecified atom stereocenters. The van der Waals surface area contributed by atoms with Gasteiger partial charge in [-0.2, -0.15) is 0 Å². The number of hydrogen-bond donors (Lipinski definition) is 1. The van der Waals surface area contributed by atoms with Crippen molar-refractivity contribution in [1.29, 1.82) is 0 Å². The number of halogens is 1. The van der Waals surface area contributed by atoms with Gasteiger partial charge in [0.25, 0.3) is 5.91 Å². The SMILES string of the molecule is CCNC(=O)c1cc(N2CCOC(c3ccccc3Br)C2)ccn1. The van der Waals surface area contributed by atoms with Gasteiger partial charge in [-0.15, -0.1) is 0 Å². The summed E-state index contributed by atoms with van der Waals surface area (Å²) in [5.41, 5.74) is 2.57. The monoisotopic (exact) mass is 389 g/mol. The Kier molecular flexibility index (Phi) is 5.48. The third-order valence-corrected chi connectivity index (χ3v) is 4.72. The largest absolute Gasteiger partial charge is 0.370 e. The second-order valence-electron chi connectivity index (χ2n) is 5.59. The molecule has 1 atom stereocenters. The van der Waals surface area contributed by atoms with Gasteiger partial charge in [0.05, 0.1) is 6.61 Å². The highest BCUT2D eigenvalue weighted by Crippen LogP contribution is 2.30. The molecular weight excluding hydrogens is 370 g/mol. The number of anilines is 1. The van der Waals surface area contributed by atoms with Crippen LogP contribution in [0.25, 0.3) is 0 Å². The van der Waals surface area contributed by atoms with E-state index in [1.54, 1.807) is 6.20 Å². The van der Waals surface area contributed by atoms with Crippen LogP contribution in [0.4, 0.5) is 5.69 Å². The summed E-state index contributed by atoms with van der Waals surface area (Å²) in [6, 6.07) is 11.9. The van der Waals surface area contributed by atoms with Gasteiger partial charge in [0.15, 0.2) is 0 Å². The van der Waals surface area contributed by atoms with Crippen LogP contribution in [0.5, 0.6) is 0 Å². The number of hydrogen-bond acceptors (Lipinski definition) is 4. The Bertz CT molecular complexity index is 723. The van der Waals surface area contributed by atoms with Gasteiger partial charge in [-0.25, -0.2) is 0 Å². The third kappa shape index (κ3) is 3.76. The summed E-state index contributed by atoms with van der Waals surface area (Å²) >= 11 is 3.59. The summed E-state index contributed by atoms with van der Waals surface area (Å²) in [6.07, 6.45) is 1.68. The molecule has 1 aromatic heterocycles. The normalized spacial score (nSPS) is 17.6. The van der Waals surface area contributed by atoms with Crippen molar-refractivity contribution in [2.24, 2.45) is 0 Å². The van der Waals surface area contributed by atoms with E-state index in [1.807, 2.05) is 37.3 Å². The molecule has 1 N–H and O–H groups in total. The Morgan fingerprint density at radius 3 is 3.04 bits per heavy atom. The van der Waals surface area contributed by atoms with Crippen LogP contribution in [0.1, 0.15) is 29.1 Å². The van der Waals surface area contributed by atoms with Crippen molar-refractivity contribution in [3.63, 3.8) is 0 Å². The van der Waals surface area contributed by atoms with E-state index >= 15 is 0 Å². The summed E-state index contributed by atoms with van der Waals surface area (Å²) in [5.74, 6) is -0.144. The van der Waals surface area contributed by atoms with E-state index in [4.69, 9.17) is 4.74 Å². The molecule has 1 saturated heterocycles. The molecule has 1 aliphatic heterocycles. The lowest BCUT2D eigenvalue weighted by Crippen LogP contribution is -2.38. The Morgan fingerprint density at radius 2 is 2.25 bits per heavy atom. The highest BCUT2D eigenvalue weighted by atomic mass is 79.9. The zero-order valence-electron chi connectivity index (χ0n) is 13.5. The summed E-state index contributed by atoms with van der Waals surface area (Å²) in [4.78, 5) is 18.4. The topological polar surface area (TPSA) is 54.5 Å². The molecular formula is C18H20BrN3O2. The van der Waals surface area contributed by atoms with Crippen LogP contribution in [-0.4, -0.2) is 37.1 Å². The van der Waals surface area contributed by atoms with E-state index < -0.39 is 0 Å². The van der Waals surface area contributed by atoms with Gasteiger partial charge in [0.2, 0.25) is 0 Å². The Hall–Kier alpha value is -1.92. The van der Waals surface area contributed by atoms with Crippen LogP contribution in [0.2, 0.25) is 0 Å². The first-order valence-corrected chi connectivity index (χ1v) is 8.83. The molecule has 1 amide bonds. The number of pyridine rings is 1. The fraction of sp³-hybridized carbons (Fsp3) is 0.333. The maximum absolute atomic E-state index is 12.0. The first-order valence-electron chi connectivity index (χ1n) is 8.04. The number of aromatic nitrogens is 1. The van der Waals surface area contributed by atoms with Crippen LogP contribution >= 0.6 is 15.9 Å². The average Bonchev–Trinajstić information content (AvgIpc) is 2.62. The lowest BCUT2D eigenvalue weighted by atomic mass is 10.1. The van der Waals surface area contributed by atoms with E-state index in [2.05, 4.69) is 37.2 Å². The molecule has 0 radical (unpaired) electrons. The summed E-state index contributed by atoms with van der Waals surface area (Å²) in [7, 11) is 0. The Balaban J connectivity index is 1.79. The lowest BCUT2D eigenvalue weighted by molar-refractivity contribution is 0.0393. The molecule has 0 saturated carbocycles. The lowest BCUT2D eigenvalue weighted by Gasteiger charge is -2.35. The second-order valence-corrected chi connectivity index (χ2v) is 6.44. The summed E-state index contributed by atoms with van der Waals surface area (Å²) in [5, 5.41) is 2.78. The number of carbonyl (C=O) groups is 1. The predicted molar refractivity (Wildman–Crippen MR) is 97.3 cm³/mol. The zero-order valence-corrected chi connectivity index (χ0v) is 15.1. The quantitative estimate of drug-likeness (QED) is 0.872. The number of nitrogens with zero attached hydrogens (tertiary/aromatic N) is 2. The van der Waals surface area contributed by atoms with E-state index in [-0.39, 0.29) is 12.0 Å². The number of ether oxygens (including phenoxy) is 1. The Labute approximate surface area is 150 Å². The number of benzene rings is 1. The fourth-order valence-electron chi connectivity index (χ4n) is 2.80. The number of amides is 1. The number of morpholine rings is 1. The van der Waals surface area contributed by atoms with Crippen molar-refractivity contribution >= 4 is 27.5 Å². The molecule has 0 spiro atoms. The average molecular weight is 390 g/mol. The molecule has 0 bridgehead atoms. The van der Waals surface area contributed by atoms with Gasteiger partial charge < -0.3 is 15.0 Å². The van der Waals surface area contributed by atoms with Gasteiger partial charge in [-0.3, -0.25) is 9.78 Å². The molecule has 24 heavy (non-hydrogen) atoms. The molecule has 126 valence electrons. The summed E-state index contributed by atoms with van der Waals surface area (Å²) < 4.78 is 7.00. The summed E-state index contributed by atoms with van der Waals surface area (Å²) in [6.45, 7) is 4.66. The van der Waals surface area contributed by atoms with Crippen LogP contribution in [0.15, 0.2) is 47.1 Å². The van der Waals surface area contributed by atoms with Gasteiger partial charge in [0.1, 0.15) is 11.8 Å². The molecule has 6 heteroatoms. The van der Waals surface area contributed by atoms with E-state index in [0.717, 1.165) is 28.8 Å². The third-order valence-electron chi connectivity index (χ3n) is 4.00. The van der Waals surface area contributed by atoms with E-state index in [9.17, 15) is 4.79 Å². The first-order chi connectivity index (χ1) is 11.7. The molecule has 0 aliphatic carbocycles. The minimum Gasteiger partial charge on any atom is -0.370 e. The molecule has 1 aliphatic rings. The van der Waals surface area contributed by atoms with Gasteiger partial charge >= 0.3 is 0 Å². The Morgan fingerprint density at radius 1 is 1.42 bits per heavy atom. The smallest absolute Gasteiger partial charge is 0.269 e. The van der Waals surface area contributed by atoms with Crippen LogP contribution in [0, 0.1) is 0 Å². The number of carbonyl (C=O) groups excluding carboxylic acids is 1. The zero-order chi connectivity index (χ0) is 16.9. The molecule has 1 fully saturated rings. The standard InChI is InChI=1S/C18H20BrN3O2/c1-2-20-18(23)16-11-13(7-8-21-16)22-9-10-24-17(12-22)14-5-3-4-6-15(14)19/h3-8,11,17H,2,9-10,12H2,1H3,(H,20,23). The highest BCUT2D eigenvalue weighted by Gasteiger charge is 2.24. The molecule has 1 aromatic carbocycles. The highest BCUT2D eigenvalue weighted by molar-refractivity contribution is 9.10. The van der Waals surface area contributed by atoms with E-state index in [1.165, 1.54) is 0 Å². The van der Waals surface area contributed by atoms with Crippen molar-refractivity contribution in [1.82, 2.24) is 10.3 Å². The van der Waals surface area contributed by atoms with Crippen molar-refractivity contribution in [3.05, 3.63) is 58.3 Å². The number of nitrogens with one attached hydrogen (secondary N) is 1. The minimum atomic E-state index is -0.144. The molecule has 2 heterocycles. The fourth-order valence-corrected chi connectivity index (χ4v) is 3.34. The minimum absolute atomic E-state index is 0.00425. The van der Waals surface area contributed by atoms with Crippen molar-refractivity contribution < 1.29 is 9.53 Å². The van der Waals surface area contributed by atoms with Crippen LogP contribution in [-0.2, 0) is 4.74 Å². The second kappa shape index (κ2) is 7.77. The van der Waals surface area contributed by atoms with Crippen molar-refractivity contribution in [3.8, 4) is 0 Å². The molecule has 5 nitrogen and oxygen atoms in total. The molecule has 2 aromatic rings. The van der Waals surface area contributed by atoms with E-state index in [0.29, 0.717) is 18.8 Å². The maximum atomic E-state index is 12.0. The first kappa shape index (κ1) is 16.9. The van der Waals surface area contributed by atoms with Crippen LogP contribution < -0.4 is 10.2 Å². The maximum Gasteiger partial charge on any atom is 0.269 e. The van der Waals surface area contributed by atoms with Gasteiger partial charge in [-0.05, 0) is 30.7 Å².